The second kappa shape index (κ2) is 17.3. The van der Waals surface area contributed by atoms with E-state index >= 15 is 0 Å². The van der Waals surface area contributed by atoms with E-state index < -0.39 is 0 Å². The molecule has 0 aromatic heterocycles. The lowest BCUT2D eigenvalue weighted by atomic mass is 10.2. The molecule has 4 heteroatoms. The second-order valence-electron chi connectivity index (χ2n) is 7.74. The normalized spacial score (nSPS) is 19.4. The summed E-state index contributed by atoms with van der Waals surface area (Å²) < 4.78 is 0. The fourth-order valence-electron chi connectivity index (χ4n) is 3.36. The van der Waals surface area contributed by atoms with E-state index in [1.807, 2.05) is 0 Å². The van der Waals surface area contributed by atoms with Gasteiger partial charge in [-0.15, -0.1) is 0 Å². The monoisotopic (exact) mass is 354 g/mol. The highest BCUT2D eigenvalue weighted by Gasteiger charge is 2.35. The number of nitrogens with one attached hydrogen (secondary N) is 4. The van der Waals surface area contributed by atoms with Crippen molar-refractivity contribution in [3.63, 3.8) is 0 Å². The van der Waals surface area contributed by atoms with Gasteiger partial charge in [0, 0.05) is 0 Å². The molecule has 0 spiro atoms. The predicted molar refractivity (Wildman–Crippen MR) is 111 cm³/mol. The Bertz CT molecular complexity index is 273. The third-order valence-electron chi connectivity index (χ3n) is 5.25. The zero-order valence-corrected chi connectivity index (χ0v) is 17.2. The molecule has 0 amide bonds. The van der Waals surface area contributed by atoms with Crippen LogP contribution in [-0.4, -0.2) is 52.4 Å². The van der Waals surface area contributed by atoms with E-state index in [2.05, 4.69) is 35.1 Å². The largest absolute Gasteiger partial charge is 0.317 e. The maximum Gasteiger partial charge on any atom is -0.00173 e. The first-order valence-electron chi connectivity index (χ1n) is 11.2. The first-order chi connectivity index (χ1) is 12.4. The molecule has 2 atom stereocenters. The van der Waals surface area contributed by atoms with E-state index in [1.165, 1.54) is 104 Å². The molecule has 0 bridgehead atoms. The van der Waals surface area contributed by atoms with Gasteiger partial charge in [-0.3, -0.25) is 0 Å². The molecule has 1 aliphatic carbocycles. The Morgan fingerprint density at radius 2 is 1.04 bits per heavy atom. The second-order valence-corrected chi connectivity index (χ2v) is 7.74. The highest BCUT2D eigenvalue weighted by molar-refractivity contribution is 4.89. The minimum Gasteiger partial charge on any atom is -0.317 e. The molecular formula is C21H46N4. The van der Waals surface area contributed by atoms with Crippen molar-refractivity contribution in [2.24, 2.45) is 11.8 Å². The molecular weight excluding hydrogens is 308 g/mol. The van der Waals surface area contributed by atoms with Crippen LogP contribution in [0.3, 0.4) is 0 Å². The van der Waals surface area contributed by atoms with Gasteiger partial charge in [-0.2, -0.15) is 0 Å². The number of unbranched alkanes of at least 4 members (excludes halogenated alkanes) is 5. The zero-order chi connectivity index (χ0) is 18.0. The van der Waals surface area contributed by atoms with Gasteiger partial charge in [-0.1, -0.05) is 33.1 Å². The van der Waals surface area contributed by atoms with E-state index in [-0.39, 0.29) is 0 Å². The van der Waals surface area contributed by atoms with Crippen molar-refractivity contribution in [1.29, 1.82) is 0 Å². The van der Waals surface area contributed by atoms with E-state index in [9.17, 15) is 0 Å². The summed E-state index contributed by atoms with van der Waals surface area (Å²) in [6, 6.07) is 0. The summed E-state index contributed by atoms with van der Waals surface area (Å²) in [5.41, 5.74) is 0. The number of rotatable bonds is 20. The molecule has 0 aromatic rings. The average Bonchev–Trinajstić information content (AvgIpc) is 3.37. The van der Waals surface area contributed by atoms with Crippen LogP contribution in [0.2, 0.25) is 0 Å². The standard InChI is InChI=1S/C21H46N4/c1-3-5-6-7-13-23-14-9-11-16-25-19-21-17-20(21)18-24-15-10-8-12-22-4-2/h20-25H,3-19H2,1-2H3/t20-,21+/m0/s1. The van der Waals surface area contributed by atoms with Crippen LogP contribution in [0.4, 0.5) is 0 Å². The van der Waals surface area contributed by atoms with Crippen LogP contribution in [0.1, 0.15) is 71.6 Å². The fourth-order valence-corrected chi connectivity index (χ4v) is 3.36. The van der Waals surface area contributed by atoms with Crippen molar-refractivity contribution in [2.45, 2.75) is 71.6 Å². The van der Waals surface area contributed by atoms with Gasteiger partial charge in [-0.25, -0.2) is 0 Å². The van der Waals surface area contributed by atoms with E-state index in [1.54, 1.807) is 0 Å². The first kappa shape index (κ1) is 22.9. The lowest BCUT2D eigenvalue weighted by Crippen LogP contribution is -2.24. The van der Waals surface area contributed by atoms with Gasteiger partial charge in [0.25, 0.3) is 0 Å². The average molecular weight is 355 g/mol. The Labute approximate surface area is 157 Å². The molecule has 0 aromatic carbocycles. The third kappa shape index (κ3) is 14.7. The van der Waals surface area contributed by atoms with Gasteiger partial charge in [-0.05, 0) is 103 Å². The Morgan fingerprint density at radius 3 is 1.56 bits per heavy atom. The molecule has 0 unspecified atom stereocenters. The summed E-state index contributed by atoms with van der Waals surface area (Å²) in [6.07, 6.45) is 12.1. The van der Waals surface area contributed by atoms with Crippen LogP contribution in [0.15, 0.2) is 0 Å². The molecule has 1 fully saturated rings. The predicted octanol–water partition coefficient (Wildman–Crippen LogP) is 3.14. The van der Waals surface area contributed by atoms with Gasteiger partial charge in [0.1, 0.15) is 0 Å². The molecule has 0 radical (unpaired) electrons. The maximum atomic E-state index is 3.66. The van der Waals surface area contributed by atoms with Crippen LogP contribution in [0.25, 0.3) is 0 Å². The number of hydrogen-bond donors (Lipinski definition) is 4. The van der Waals surface area contributed by atoms with Crippen LogP contribution in [0, 0.1) is 11.8 Å². The lowest BCUT2D eigenvalue weighted by molar-refractivity contribution is 0.526. The zero-order valence-electron chi connectivity index (χ0n) is 17.2. The van der Waals surface area contributed by atoms with Crippen LogP contribution in [0.5, 0.6) is 0 Å². The van der Waals surface area contributed by atoms with Crippen molar-refractivity contribution >= 4 is 0 Å². The smallest absolute Gasteiger partial charge is 0.00173 e. The fraction of sp³-hybridized carbons (Fsp3) is 1.00. The van der Waals surface area contributed by atoms with Crippen molar-refractivity contribution in [1.82, 2.24) is 21.3 Å². The van der Waals surface area contributed by atoms with Crippen molar-refractivity contribution < 1.29 is 0 Å². The highest BCUT2D eigenvalue weighted by Crippen LogP contribution is 2.36. The van der Waals surface area contributed by atoms with Gasteiger partial charge >= 0.3 is 0 Å². The Morgan fingerprint density at radius 1 is 0.560 bits per heavy atom. The van der Waals surface area contributed by atoms with E-state index in [0.717, 1.165) is 18.4 Å². The van der Waals surface area contributed by atoms with Crippen molar-refractivity contribution in [2.75, 3.05) is 52.4 Å². The minimum atomic E-state index is 0.936. The summed E-state index contributed by atoms with van der Waals surface area (Å²) in [5, 5.41) is 14.2. The molecule has 4 nitrogen and oxygen atoms in total. The molecule has 25 heavy (non-hydrogen) atoms. The molecule has 0 saturated heterocycles. The molecule has 1 rings (SSSR count). The van der Waals surface area contributed by atoms with E-state index in [4.69, 9.17) is 0 Å². The number of hydrogen-bond acceptors (Lipinski definition) is 4. The highest BCUT2D eigenvalue weighted by atomic mass is 14.9. The summed E-state index contributed by atoms with van der Waals surface area (Å²) in [4.78, 5) is 0. The van der Waals surface area contributed by atoms with Crippen molar-refractivity contribution in [3.8, 4) is 0 Å². The molecule has 0 aliphatic heterocycles. The summed E-state index contributed by atoms with van der Waals surface area (Å²) in [7, 11) is 0. The molecule has 1 saturated carbocycles. The molecule has 1 aliphatic rings. The molecule has 150 valence electrons. The topological polar surface area (TPSA) is 48.1 Å². The van der Waals surface area contributed by atoms with Crippen LogP contribution >= 0.6 is 0 Å². The summed E-state index contributed by atoms with van der Waals surface area (Å²) >= 11 is 0. The van der Waals surface area contributed by atoms with Crippen molar-refractivity contribution in [3.05, 3.63) is 0 Å². The quantitative estimate of drug-likeness (QED) is 0.254. The summed E-state index contributed by atoms with van der Waals surface area (Å²) in [5.74, 6) is 1.87. The molecule has 4 N–H and O–H groups in total. The Balaban J connectivity index is 1.71. The van der Waals surface area contributed by atoms with E-state index in [0.29, 0.717) is 0 Å². The van der Waals surface area contributed by atoms with Crippen LogP contribution in [-0.2, 0) is 0 Å². The minimum absolute atomic E-state index is 0.936. The third-order valence-corrected chi connectivity index (χ3v) is 5.25. The molecule has 0 heterocycles. The van der Waals surface area contributed by atoms with Gasteiger partial charge in [0.2, 0.25) is 0 Å². The Hall–Kier alpha value is -0.160. The van der Waals surface area contributed by atoms with Gasteiger partial charge < -0.3 is 21.3 Å². The van der Waals surface area contributed by atoms with Crippen LogP contribution < -0.4 is 21.3 Å². The van der Waals surface area contributed by atoms with Gasteiger partial charge in [0.15, 0.2) is 0 Å². The SMILES string of the molecule is CCCCCCNCCCCNC[C@H]1C[C@H]1CNCCCCNCC. The lowest BCUT2D eigenvalue weighted by Gasteiger charge is -2.07. The maximum absolute atomic E-state index is 3.66. The van der Waals surface area contributed by atoms with Gasteiger partial charge in [0.05, 0.1) is 0 Å². The summed E-state index contributed by atoms with van der Waals surface area (Å²) in [6.45, 7) is 14.0. The first-order valence-corrected chi connectivity index (χ1v) is 11.2. The Kier molecular flexibility index (Phi) is 15.8.